The highest BCUT2D eigenvalue weighted by Crippen LogP contribution is 2.39. The van der Waals surface area contributed by atoms with Crippen molar-refractivity contribution < 1.29 is 18.4 Å². The summed E-state index contributed by atoms with van der Waals surface area (Å²) in [6.07, 6.45) is 4.77. The Morgan fingerprint density at radius 2 is 2.24 bits per heavy atom. The molecule has 0 N–H and O–H groups in total. The number of likely N-dealkylation sites (tertiary alicyclic amines) is 1. The average molecular weight is 344 g/mol. The van der Waals surface area contributed by atoms with E-state index in [-0.39, 0.29) is 11.3 Å². The topological polar surface area (TPSA) is 59.1 Å². The third-order valence-corrected chi connectivity index (χ3v) is 5.53. The first-order valence-corrected chi connectivity index (χ1v) is 8.80. The molecule has 0 aliphatic carbocycles. The number of hydrogen-bond donors (Lipinski definition) is 0. The van der Waals surface area contributed by atoms with Crippen LogP contribution in [0.25, 0.3) is 0 Å². The molecular weight excluding hydrogens is 320 g/mol. The third kappa shape index (κ3) is 3.24. The van der Waals surface area contributed by atoms with Crippen LogP contribution in [0.15, 0.2) is 45.8 Å². The van der Waals surface area contributed by atoms with E-state index in [0.29, 0.717) is 37.8 Å². The van der Waals surface area contributed by atoms with Crippen LogP contribution in [0.3, 0.4) is 0 Å². The molecule has 134 valence electrons. The highest BCUT2D eigenvalue weighted by atomic mass is 16.5. The fourth-order valence-corrected chi connectivity index (χ4v) is 4.08. The molecule has 4 rings (SSSR count). The van der Waals surface area contributed by atoms with E-state index in [9.17, 15) is 4.79 Å². The maximum absolute atomic E-state index is 12.8. The Bertz CT molecular complexity index is 697. The second kappa shape index (κ2) is 6.69. The zero-order valence-electron chi connectivity index (χ0n) is 14.5. The summed E-state index contributed by atoms with van der Waals surface area (Å²) in [6.45, 7) is 7.56. The zero-order valence-corrected chi connectivity index (χ0v) is 14.5. The van der Waals surface area contributed by atoms with Crippen LogP contribution in [-0.4, -0.2) is 55.1 Å². The summed E-state index contributed by atoms with van der Waals surface area (Å²) in [5.41, 5.74) is 0.567. The first kappa shape index (κ1) is 16.4. The van der Waals surface area contributed by atoms with E-state index in [1.54, 1.807) is 18.6 Å². The predicted molar refractivity (Wildman–Crippen MR) is 91.0 cm³/mol. The fourth-order valence-electron chi connectivity index (χ4n) is 4.08. The molecule has 2 aliphatic rings. The first-order chi connectivity index (χ1) is 12.2. The lowest BCUT2D eigenvalue weighted by Crippen LogP contribution is -2.45. The molecule has 0 bridgehead atoms. The average Bonchev–Trinajstić information content (AvgIpc) is 3.31. The van der Waals surface area contributed by atoms with Gasteiger partial charge < -0.3 is 18.5 Å². The van der Waals surface area contributed by atoms with Gasteiger partial charge in [-0.2, -0.15) is 0 Å². The molecule has 6 nitrogen and oxygen atoms in total. The number of carbonyl (C=O) groups is 1. The van der Waals surface area contributed by atoms with Gasteiger partial charge in [-0.15, -0.1) is 0 Å². The lowest BCUT2D eigenvalue weighted by Gasteiger charge is -2.35. The van der Waals surface area contributed by atoms with E-state index in [4.69, 9.17) is 13.6 Å². The highest BCUT2D eigenvalue weighted by Gasteiger charge is 2.47. The Hall–Kier alpha value is -2.05. The van der Waals surface area contributed by atoms with Crippen LogP contribution in [0.5, 0.6) is 0 Å². The molecule has 2 saturated heterocycles. The molecule has 0 saturated carbocycles. The van der Waals surface area contributed by atoms with Crippen molar-refractivity contribution in [1.82, 2.24) is 9.80 Å². The highest BCUT2D eigenvalue weighted by molar-refractivity contribution is 5.93. The van der Waals surface area contributed by atoms with E-state index in [2.05, 4.69) is 11.8 Å². The molecule has 2 aromatic rings. The van der Waals surface area contributed by atoms with Crippen molar-refractivity contribution in [3.05, 3.63) is 48.3 Å². The molecule has 2 aromatic heterocycles. The molecule has 25 heavy (non-hydrogen) atoms. The fraction of sp³-hybridized carbons (Fsp3) is 0.526. The predicted octanol–water partition coefficient (Wildman–Crippen LogP) is 2.48. The van der Waals surface area contributed by atoms with Gasteiger partial charge in [0, 0.05) is 31.6 Å². The van der Waals surface area contributed by atoms with Crippen molar-refractivity contribution in [2.75, 3.05) is 39.4 Å². The summed E-state index contributed by atoms with van der Waals surface area (Å²) >= 11 is 0. The van der Waals surface area contributed by atoms with Crippen molar-refractivity contribution in [2.24, 2.45) is 11.3 Å². The SMILES string of the molecule is C[C@@H]1CN(Cc2ccco2)C[C@]12COCCN(C(=O)c1ccoc1)C2. The van der Waals surface area contributed by atoms with Crippen molar-refractivity contribution in [3.8, 4) is 0 Å². The second-order valence-corrected chi connectivity index (χ2v) is 7.30. The van der Waals surface area contributed by atoms with E-state index in [0.717, 1.165) is 25.4 Å². The van der Waals surface area contributed by atoms with E-state index >= 15 is 0 Å². The minimum Gasteiger partial charge on any atom is -0.472 e. The van der Waals surface area contributed by atoms with Gasteiger partial charge in [-0.3, -0.25) is 9.69 Å². The summed E-state index contributed by atoms with van der Waals surface area (Å²) in [5, 5.41) is 0. The monoisotopic (exact) mass is 344 g/mol. The zero-order chi connectivity index (χ0) is 17.3. The Balaban J connectivity index is 1.50. The van der Waals surface area contributed by atoms with E-state index in [1.807, 2.05) is 17.0 Å². The van der Waals surface area contributed by atoms with Gasteiger partial charge >= 0.3 is 0 Å². The Labute approximate surface area is 147 Å². The molecule has 2 atom stereocenters. The van der Waals surface area contributed by atoms with Gasteiger partial charge in [0.25, 0.3) is 5.91 Å². The Morgan fingerprint density at radius 1 is 1.32 bits per heavy atom. The van der Waals surface area contributed by atoms with Crippen molar-refractivity contribution in [2.45, 2.75) is 13.5 Å². The number of amides is 1. The molecule has 0 radical (unpaired) electrons. The van der Waals surface area contributed by atoms with Gasteiger partial charge in [0.1, 0.15) is 12.0 Å². The second-order valence-electron chi connectivity index (χ2n) is 7.30. The molecule has 4 heterocycles. The largest absolute Gasteiger partial charge is 0.472 e. The lowest BCUT2D eigenvalue weighted by atomic mass is 9.79. The Morgan fingerprint density at radius 3 is 3.00 bits per heavy atom. The van der Waals surface area contributed by atoms with Crippen molar-refractivity contribution in [3.63, 3.8) is 0 Å². The van der Waals surface area contributed by atoms with Crippen molar-refractivity contribution >= 4 is 5.91 Å². The summed E-state index contributed by atoms with van der Waals surface area (Å²) in [5.74, 6) is 1.45. The summed E-state index contributed by atoms with van der Waals surface area (Å²) < 4.78 is 16.5. The van der Waals surface area contributed by atoms with Crippen LogP contribution in [0.4, 0.5) is 0 Å². The number of ether oxygens (including phenoxy) is 1. The quantitative estimate of drug-likeness (QED) is 0.856. The number of carbonyl (C=O) groups excluding carboxylic acids is 1. The van der Waals surface area contributed by atoms with Gasteiger partial charge in [0.05, 0.1) is 37.8 Å². The molecule has 1 spiro atoms. The lowest BCUT2D eigenvalue weighted by molar-refractivity contribution is 0.0475. The van der Waals surface area contributed by atoms with Crippen LogP contribution in [0.2, 0.25) is 0 Å². The number of rotatable bonds is 3. The third-order valence-electron chi connectivity index (χ3n) is 5.53. The van der Waals surface area contributed by atoms with Crippen LogP contribution in [0, 0.1) is 11.3 Å². The van der Waals surface area contributed by atoms with Crippen LogP contribution in [-0.2, 0) is 11.3 Å². The van der Waals surface area contributed by atoms with Gasteiger partial charge in [0.2, 0.25) is 0 Å². The summed E-state index contributed by atoms with van der Waals surface area (Å²) in [7, 11) is 0. The smallest absolute Gasteiger partial charge is 0.257 e. The molecular formula is C19H24N2O4. The standard InChI is InChI=1S/C19H24N2O4/c1-15-9-20(10-17-3-2-6-25-17)12-19(15)13-21(5-8-24-14-19)18(22)16-4-7-23-11-16/h2-4,6-7,11,15H,5,8-10,12-14H2,1H3/t15-,19+/m1/s1. The Kier molecular flexibility index (Phi) is 4.39. The van der Waals surface area contributed by atoms with Gasteiger partial charge in [0.15, 0.2) is 0 Å². The number of hydrogen-bond acceptors (Lipinski definition) is 5. The summed E-state index contributed by atoms with van der Waals surface area (Å²) in [4.78, 5) is 17.1. The van der Waals surface area contributed by atoms with E-state index in [1.165, 1.54) is 6.26 Å². The molecule has 6 heteroatoms. The number of nitrogens with zero attached hydrogens (tertiary/aromatic N) is 2. The van der Waals surface area contributed by atoms with Crippen molar-refractivity contribution in [1.29, 1.82) is 0 Å². The minimum absolute atomic E-state index is 0.0234. The van der Waals surface area contributed by atoms with Crippen LogP contribution >= 0.6 is 0 Å². The van der Waals surface area contributed by atoms with Gasteiger partial charge in [-0.05, 0) is 24.1 Å². The molecule has 1 amide bonds. The molecule has 2 aliphatic heterocycles. The van der Waals surface area contributed by atoms with Gasteiger partial charge in [-0.25, -0.2) is 0 Å². The maximum Gasteiger partial charge on any atom is 0.257 e. The molecule has 2 fully saturated rings. The first-order valence-electron chi connectivity index (χ1n) is 8.80. The van der Waals surface area contributed by atoms with Crippen LogP contribution < -0.4 is 0 Å². The normalized spacial score (nSPS) is 27.7. The minimum atomic E-state index is -0.0392. The van der Waals surface area contributed by atoms with Gasteiger partial charge in [-0.1, -0.05) is 6.92 Å². The van der Waals surface area contributed by atoms with Crippen LogP contribution in [0.1, 0.15) is 23.0 Å². The number of furan rings is 2. The summed E-state index contributed by atoms with van der Waals surface area (Å²) in [6, 6.07) is 5.65. The molecule has 0 unspecified atom stereocenters. The maximum atomic E-state index is 12.8. The molecule has 0 aromatic carbocycles. The van der Waals surface area contributed by atoms with E-state index < -0.39 is 0 Å².